The van der Waals surface area contributed by atoms with Gasteiger partial charge in [-0.2, -0.15) is 4.31 Å². The molecule has 3 rings (SSSR count). The number of hydrogen-bond donors (Lipinski definition) is 0. The molecule has 2 aliphatic heterocycles. The Balaban J connectivity index is 1.91. The number of amides is 1. The Morgan fingerprint density at radius 2 is 1.74 bits per heavy atom. The smallest absolute Gasteiger partial charge is 0.254 e. The summed E-state index contributed by atoms with van der Waals surface area (Å²) in [5.74, 6) is -0.675. The SMILES string of the molecule is CC(C)C1CCCCN1C(=O)c1ccc(F)c(S(=O)(=O)N2CCCCC2)c1. The Morgan fingerprint density at radius 3 is 2.41 bits per heavy atom. The van der Waals surface area contributed by atoms with E-state index in [2.05, 4.69) is 13.8 Å². The zero-order chi connectivity index (χ0) is 19.6. The lowest BCUT2D eigenvalue weighted by atomic mass is 9.92. The van der Waals surface area contributed by atoms with Crippen molar-refractivity contribution in [3.63, 3.8) is 0 Å². The van der Waals surface area contributed by atoms with Crippen LogP contribution in [0.3, 0.4) is 0 Å². The van der Waals surface area contributed by atoms with Crippen LogP contribution in [0.15, 0.2) is 23.1 Å². The van der Waals surface area contributed by atoms with Crippen LogP contribution in [0.1, 0.15) is 62.7 Å². The number of likely N-dealkylation sites (tertiary alicyclic amines) is 1. The van der Waals surface area contributed by atoms with E-state index in [-0.39, 0.29) is 22.4 Å². The van der Waals surface area contributed by atoms with Gasteiger partial charge >= 0.3 is 0 Å². The predicted molar refractivity (Wildman–Crippen MR) is 103 cm³/mol. The van der Waals surface area contributed by atoms with Crippen LogP contribution in [0.5, 0.6) is 0 Å². The van der Waals surface area contributed by atoms with Crippen LogP contribution in [0.4, 0.5) is 4.39 Å². The van der Waals surface area contributed by atoms with Crippen LogP contribution in [0.2, 0.25) is 0 Å². The number of piperidine rings is 2. The summed E-state index contributed by atoms with van der Waals surface area (Å²) in [7, 11) is -3.92. The predicted octanol–water partition coefficient (Wildman–Crippen LogP) is 3.65. The van der Waals surface area contributed by atoms with E-state index in [1.165, 1.54) is 16.4 Å². The van der Waals surface area contributed by atoms with Crippen LogP contribution in [0.25, 0.3) is 0 Å². The minimum absolute atomic E-state index is 0.137. The number of benzene rings is 1. The lowest BCUT2D eigenvalue weighted by molar-refractivity contribution is 0.0543. The van der Waals surface area contributed by atoms with E-state index < -0.39 is 15.8 Å². The highest BCUT2D eigenvalue weighted by Gasteiger charge is 2.32. The van der Waals surface area contributed by atoms with Crippen molar-refractivity contribution in [2.45, 2.75) is 63.3 Å². The standard InChI is InChI=1S/C20H29FN2O3S/c1-15(2)18-8-4-7-13-23(18)20(24)16-9-10-17(21)19(14-16)27(25,26)22-11-5-3-6-12-22/h9-10,14-15,18H,3-8,11-13H2,1-2H3. The second-order valence-electron chi connectivity index (χ2n) is 7.92. The first-order valence-electron chi connectivity index (χ1n) is 9.93. The van der Waals surface area contributed by atoms with Gasteiger partial charge in [0.05, 0.1) is 0 Å². The molecule has 0 aromatic heterocycles. The highest BCUT2D eigenvalue weighted by atomic mass is 32.2. The zero-order valence-corrected chi connectivity index (χ0v) is 17.0. The Bertz CT molecular complexity index is 788. The first kappa shape index (κ1) is 20.3. The first-order chi connectivity index (χ1) is 12.8. The van der Waals surface area contributed by atoms with Crippen molar-refractivity contribution in [3.05, 3.63) is 29.6 Å². The molecule has 2 aliphatic rings. The largest absolute Gasteiger partial charge is 0.335 e. The summed E-state index contributed by atoms with van der Waals surface area (Å²) >= 11 is 0. The molecule has 150 valence electrons. The molecule has 0 spiro atoms. The van der Waals surface area contributed by atoms with E-state index in [4.69, 9.17) is 0 Å². The lowest BCUT2D eigenvalue weighted by Gasteiger charge is -2.38. The summed E-state index contributed by atoms with van der Waals surface area (Å²) in [5, 5.41) is 0. The van der Waals surface area contributed by atoms with Gasteiger partial charge in [0.25, 0.3) is 5.91 Å². The topological polar surface area (TPSA) is 57.7 Å². The van der Waals surface area contributed by atoms with E-state index in [1.54, 1.807) is 0 Å². The van der Waals surface area contributed by atoms with E-state index in [0.717, 1.165) is 44.6 Å². The molecule has 5 nitrogen and oxygen atoms in total. The molecule has 7 heteroatoms. The molecular weight excluding hydrogens is 367 g/mol. The summed E-state index contributed by atoms with van der Waals surface area (Å²) in [6.45, 7) is 5.65. The number of rotatable bonds is 4. The average Bonchev–Trinajstić information content (AvgIpc) is 2.68. The molecule has 2 fully saturated rings. The van der Waals surface area contributed by atoms with Gasteiger partial charge in [0.15, 0.2) is 0 Å². The highest BCUT2D eigenvalue weighted by molar-refractivity contribution is 7.89. The van der Waals surface area contributed by atoms with Crippen molar-refractivity contribution in [1.29, 1.82) is 0 Å². The monoisotopic (exact) mass is 396 g/mol. The summed E-state index contributed by atoms with van der Waals surface area (Å²) < 4.78 is 41.5. The molecule has 1 aromatic rings. The Kier molecular flexibility index (Phi) is 6.21. The quantitative estimate of drug-likeness (QED) is 0.781. The average molecular weight is 397 g/mol. The molecule has 1 unspecified atom stereocenters. The van der Waals surface area contributed by atoms with E-state index in [1.807, 2.05) is 4.90 Å². The number of nitrogens with zero attached hydrogens (tertiary/aromatic N) is 2. The van der Waals surface area contributed by atoms with Gasteiger partial charge in [0, 0.05) is 31.2 Å². The molecular formula is C20H29FN2O3S. The van der Waals surface area contributed by atoms with Gasteiger partial charge in [0.2, 0.25) is 10.0 Å². The maximum atomic E-state index is 14.4. The summed E-state index contributed by atoms with van der Waals surface area (Å²) in [6.07, 6.45) is 5.52. The molecule has 0 N–H and O–H groups in total. The Labute approximate surface area is 161 Å². The van der Waals surface area contributed by atoms with Crippen molar-refractivity contribution in [1.82, 2.24) is 9.21 Å². The third kappa shape index (κ3) is 4.19. The van der Waals surface area contributed by atoms with Gasteiger partial charge in [-0.15, -0.1) is 0 Å². The number of hydrogen-bond acceptors (Lipinski definition) is 3. The third-order valence-electron chi connectivity index (χ3n) is 5.69. The maximum absolute atomic E-state index is 14.4. The summed E-state index contributed by atoms with van der Waals surface area (Å²) in [6, 6.07) is 3.88. The molecule has 1 aromatic carbocycles. The van der Waals surface area contributed by atoms with Crippen molar-refractivity contribution in [2.24, 2.45) is 5.92 Å². The Hall–Kier alpha value is -1.47. The molecule has 0 aliphatic carbocycles. The van der Waals surface area contributed by atoms with Crippen molar-refractivity contribution in [3.8, 4) is 0 Å². The normalized spacial score (nSPS) is 22.2. The third-order valence-corrected chi connectivity index (χ3v) is 7.60. The van der Waals surface area contributed by atoms with Crippen molar-refractivity contribution < 1.29 is 17.6 Å². The van der Waals surface area contributed by atoms with Gasteiger partial charge in [-0.05, 0) is 56.2 Å². The number of sulfonamides is 1. The molecule has 1 atom stereocenters. The molecule has 27 heavy (non-hydrogen) atoms. The summed E-state index contributed by atoms with van der Waals surface area (Å²) in [4.78, 5) is 14.5. The van der Waals surface area contributed by atoms with E-state index >= 15 is 0 Å². The molecule has 0 radical (unpaired) electrons. The molecule has 2 heterocycles. The highest BCUT2D eigenvalue weighted by Crippen LogP contribution is 2.28. The molecule has 1 amide bonds. The minimum Gasteiger partial charge on any atom is -0.335 e. The van der Waals surface area contributed by atoms with Gasteiger partial charge in [-0.25, -0.2) is 12.8 Å². The van der Waals surface area contributed by atoms with Crippen LogP contribution in [-0.2, 0) is 10.0 Å². The number of halogens is 1. The van der Waals surface area contributed by atoms with Crippen molar-refractivity contribution in [2.75, 3.05) is 19.6 Å². The summed E-state index contributed by atoms with van der Waals surface area (Å²) in [5.41, 5.74) is 0.250. The number of carbonyl (C=O) groups excluding carboxylic acids is 1. The van der Waals surface area contributed by atoms with E-state index in [9.17, 15) is 17.6 Å². The fourth-order valence-corrected chi connectivity index (χ4v) is 5.75. The lowest BCUT2D eigenvalue weighted by Crippen LogP contribution is -2.46. The zero-order valence-electron chi connectivity index (χ0n) is 16.2. The first-order valence-corrected chi connectivity index (χ1v) is 11.4. The second kappa shape index (κ2) is 8.27. The fraction of sp³-hybridized carbons (Fsp3) is 0.650. The minimum atomic E-state index is -3.92. The van der Waals surface area contributed by atoms with Gasteiger partial charge in [-0.3, -0.25) is 4.79 Å². The fourth-order valence-electron chi connectivity index (χ4n) is 4.15. The van der Waals surface area contributed by atoms with Crippen LogP contribution >= 0.6 is 0 Å². The maximum Gasteiger partial charge on any atom is 0.254 e. The molecule has 0 saturated carbocycles. The molecule has 0 bridgehead atoms. The van der Waals surface area contributed by atoms with Gasteiger partial charge < -0.3 is 4.90 Å². The van der Waals surface area contributed by atoms with Crippen LogP contribution in [0, 0.1) is 11.7 Å². The van der Waals surface area contributed by atoms with E-state index in [0.29, 0.717) is 25.6 Å². The van der Waals surface area contributed by atoms with Gasteiger partial charge in [0.1, 0.15) is 10.7 Å². The molecule has 2 saturated heterocycles. The van der Waals surface area contributed by atoms with Crippen LogP contribution in [-0.4, -0.2) is 49.2 Å². The van der Waals surface area contributed by atoms with Crippen LogP contribution < -0.4 is 0 Å². The Morgan fingerprint density at radius 1 is 1.07 bits per heavy atom. The van der Waals surface area contributed by atoms with Gasteiger partial charge in [-0.1, -0.05) is 20.3 Å². The second-order valence-corrected chi connectivity index (χ2v) is 9.82. The van der Waals surface area contributed by atoms with Crippen molar-refractivity contribution >= 4 is 15.9 Å². The number of carbonyl (C=O) groups is 1.